The smallest absolute Gasteiger partial charge is 0.265 e. The predicted octanol–water partition coefficient (Wildman–Crippen LogP) is 1.28. The van der Waals surface area contributed by atoms with Crippen LogP contribution in [0, 0.1) is 0 Å². The van der Waals surface area contributed by atoms with Gasteiger partial charge >= 0.3 is 0 Å². The maximum atomic E-state index is 12.0. The minimum atomic E-state index is -2.90. The van der Waals surface area contributed by atoms with Crippen molar-refractivity contribution in [2.75, 3.05) is 12.3 Å². The van der Waals surface area contributed by atoms with E-state index in [0.717, 1.165) is 0 Å². The van der Waals surface area contributed by atoms with Gasteiger partial charge in [-0.25, -0.2) is 8.78 Å². The largest absolute Gasteiger partial charge is 0.399 e. The molecule has 0 aliphatic rings. The van der Waals surface area contributed by atoms with E-state index >= 15 is 0 Å². The van der Waals surface area contributed by atoms with Crippen molar-refractivity contribution in [3.63, 3.8) is 0 Å². The zero-order chi connectivity index (χ0) is 13.0. The van der Waals surface area contributed by atoms with Gasteiger partial charge in [0.25, 0.3) is 12.3 Å². The first-order valence-electron chi connectivity index (χ1n) is 4.70. The van der Waals surface area contributed by atoms with Crippen LogP contribution in [0.15, 0.2) is 18.2 Å². The van der Waals surface area contributed by atoms with Crippen LogP contribution < -0.4 is 11.1 Å². The summed E-state index contributed by atoms with van der Waals surface area (Å²) in [6.07, 6.45) is -4.80. The second kappa shape index (κ2) is 5.79. The Bertz CT molecular complexity index is 395. The highest BCUT2D eigenvalue weighted by molar-refractivity contribution is 6.31. The highest BCUT2D eigenvalue weighted by Gasteiger charge is 2.18. The molecule has 4 N–H and O–H groups in total. The van der Waals surface area contributed by atoms with E-state index in [9.17, 15) is 13.6 Å². The average molecular weight is 265 g/mol. The summed E-state index contributed by atoms with van der Waals surface area (Å²) in [6, 6.07) is 4.16. The Balaban J connectivity index is 2.64. The molecular weight excluding hydrogens is 254 g/mol. The minimum Gasteiger partial charge on any atom is -0.399 e. The molecule has 4 nitrogen and oxygen atoms in total. The van der Waals surface area contributed by atoms with Gasteiger partial charge in [-0.1, -0.05) is 11.6 Å². The van der Waals surface area contributed by atoms with Gasteiger partial charge in [0.2, 0.25) is 0 Å². The van der Waals surface area contributed by atoms with Crippen LogP contribution in [0.4, 0.5) is 14.5 Å². The topological polar surface area (TPSA) is 75.4 Å². The fraction of sp³-hybridized carbons (Fsp3) is 0.300. The normalized spacial score (nSPS) is 12.5. The van der Waals surface area contributed by atoms with Crippen molar-refractivity contribution in [1.29, 1.82) is 0 Å². The van der Waals surface area contributed by atoms with Crippen LogP contribution >= 0.6 is 11.6 Å². The van der Waals surface area contributed by atoms with Crippen LogP contribution in [0.1, 0.15) is 10.4 Å². The monoisotopic (exact) mass is 264 g/mol. The second-order valence-electron chi connectivity index (χ2n) is 3.39. The summed E-state index contributed by atoms with van der Waals surface area (Å²) in [4.78, 5) is 11.5. The van der Waals surface area contributed by atoms with E-state index in [4.69, 9.17) is 22.4 Å². The number of nitrogens with one attached hydrogen (secondary N) is 1. The number of carbonyl (C=O) groups excluding carboxylic acids is 1. The Morgan fingerprint density at radius 3 is 2.65 bits per heavy atom. The standard InChI is InChI=1S/C10H11ClF2N2O2/c11-6-1-5(2-7(14)3-6)10(17)15-4-8(16)9(12)13/h1-3,8-9,16H,4,14H2,(H,15,17). The first kappa shape index (κ1) is 13.7. The van der Waals surface area contributed by atoms with Crippen molar-refractivity contribution in [2.45, 2.75) is 12.5 Å². The van der Waals surface area contributed by atoms with Crippen molar-refractivity contribution in [1.82, 2.24) is 5.32 Å². The van der Waals surface area contributed by atoms with E-state index in [1.807, 2.05) is 0 Å². The van der Waals surface area contributed by atoms with Crippen molar-refractivity contribution < 1.29 is 18.7 Å². The number of hydrogen-bond acceptors (Lipinski definition) is 3. The predicted molar refractivity (Wildman–Crippen MR) is 60.2 cm³/mol. The SMILES string of the molecule is Nc1cc(Cl)cc(C(=O)NCC(O)C(F)F)c1. The molecule has 0 aliphatic heterocycles. The Labute approximate surface area is 101 Å². The lowest BCUT2D eigenvalue weighted by Crippen LogP contribution is -2.35. The first-order chi connectivity index (χ1) is 7.90. The van der Waals surface area contributed by atoms with Crippen molar-refractivity contribution in [3.8, 4) is 0 Å². The molecule has 17 heavy (non-hydrogen) atoms. The Hall–Kier alpha value is -1.40. The van der Waals surface area contributed by atoms with Crippen LogP contribution in [0.3, 0.4) is 0 Å². The van der Waals surface area contributed by atoms with Gasteiger partial charge in [0, 0.05) is 22.8 Å². The van der Waals surface area contributed by atoms with E-state index in [1.165, 1.54) is 18.2 Å². The molecule has 94 valence electrons. The van der Waals surface area contributed by atoms with Crippen LogP contribution in [-0.4, -0.2) is 30.1 Å². The maximum Gasteiger partial charge on any atom is 0.265 e. The van der Waals surface area contributed by atoms with Gasteiger partial charge in [0.15, 0.2) is 0 Å². The lowest BCUT2D eigenvalue weighted by molar-refractivity contribution is -0.00270. The van der Waals surface area contributed by atoms with E-state index in [0.29, 0.717) is 0 Å². The number of amides is 1. The van der Waals surface area contributed by atoms with E-state index in [1.54, 1.807) is 0 Å². The molecule has 0 radical (unpaired) electrons. The molecule has 1 unspecified atom stereocenters. The van der Waals surface area contributed by atoms with Crippen LogP contribution in [0.5, 0.6) is 0 Å². The summed E-state index contributed by atoms with van der Waals surface area (Å²) in [6.45, 7) is -0.539. The molecule has 1 amide bonds. The third kappa shape index (κ3) is 4.16. The van der Waals surface area contributed by atoms with Crippen molar-refractivity contribution in [2.24, 2.45) is 0 Å². The number of alkyl halides is 2. The number of halogens is 3. The Kier molecular flexibility index (Phi) is 4.65. The quantitative estimate of drug-likeness (QED) is 0.717. The van der Waals surface area contributed by atoms with Gasteiger partial charge in [-0.2, -0.15) is 0 Å². The van der Waals surface area contributed by atoms with Gasteiger partial charge in [-0.3, -0.25) is 4.79 Å². The van der Waals surface area contributed by atoms with E-state index in [2.05, 4.69) is 5.32 Å². The van der Waals surface area contributed by atoms with Gasteiger partial charge in [0.05, 0.1) is 0 Å². The molecule has 0 fully saturated rings. The zero-order valence-corrected chi connectivity index (χ0v) is 9.42. The number of benzene rings is 1. The van der Waals surface area contributed by atoms with Crippen molar-refractivity contribution >= 4 is 23.2 Å². The summed E-state index contributed by atoms with van der Waals surface area (Å²) in [5.74, 6) is -0.626. The third-order valence-corrected chi connectivity index (χ3v) is 2.16. The van der Waals surface area contributed by atoms with Gasteiger partial charge in [-0.15, -0.1) is 0 Å². The molecule has 0 spiro atoms. The fourth-order valence-corrected chi connectivity index (χ4v) is 1.38. The molecular formula is C10H11ClF2N2O2. The molecule has 0 heterocycles. The molecule has 0 aromatic heterocycles. The van der Waals surface area contributed by atoms with Gasteiger partial charge in [-0.05, 0) is 18.2 Å². The summed E-state index contributed by atoms with van der Waals surface area (Å²) in [5.41, 5.74) is 5.91. The summed E-state index contributed by atoms with van der Waals surface area (Å²) in [5, 5.41) is 11.2. The molecule has 1 rings (SSSR count). The Morgan fingerprint density at radius 2 is 2.12 bits per heavy atom. The highest BCUT2D eigenvalue weighted by Crippen LogP contribution is 2.16. The number of nitrogens with two attached hydrogens (primary N) is 1. The van der Waals surface area contributed by atoms with Gasteiger partial charge in [0.1, 0.15) is 6.10 Å². The van der Waals surface area contributed by atoms with Gasteiger partial charge < -0.3 is 16.2 Å². The molecule has 0 aliphatic carbocycles. The maximum absolute atomic E-state index is 12.0. The molecule has 0 saturated heterocycles. The third-order valence-electron chi connectivity index (χ3n) is 1.94. The molecule has 1 aromatic carbocycles. The molecule has 0 bridgehead atoms. The number of rotatable bonds is 4. The second-order valence-corrected chi connectivity index (χ2v) is 3.82. The lowest BCUT2D eigenvalue weighted by atomic mass is 10.2. The number of hydrogen-bond donors (Lipinski definition) is 3. The van der Waals surface area contributed by atoms with Crippen LogP contribution in [0.2, 0.25) is 5.02 Å². The first-order valence-corrected chi connectivity index (χ1v) is 5.08. The van der Waals surface area contributed by atoms with Crippen LogP contribution in [-0.2, 0) is 0 Å². The average Bonchev–Trinajstić information content (AvgIpc) is 2.23. The number of nitrogen functional groups attached to an aromatic ring is 1. The molecule has 7 heteroatoms. The highest BCUT2D eigenvalue weighted by atomic mass is 35.5. The van der Waals surface area contributed by atoms with E-state index in [-0.39, 0.29) is 16.3 Å². The molecule has 1 aromatic rings. The number of carbonyl (C=O) groups is 1. The minimum absolute atomic E-state index is 0.150. The van der Waals surface area contributed by atoms with Crippen molar-refractivity contribution in [3.05, 3.63) is 28.8 Å². The number of aliphatic hydroxyl groups excluding tert-OH is 1. The number of aliphatic hydroxyl groups is 1. The number of anilines is 1. The summed E-state index contributed by atoms with van der Waals surface area (Å²) < 4.78 is 23.9. The van der Waals surface area contributed by atoms with Crippen LogP contribution in [0.25, 0.3) is 0 Å². The molecule has 0 saturated carbocycles. The summed E-state index contributed by atoms with van der Waals surface area (Å²) in [7, 11) is 0. The molecule has 1 atom stereocenters. The fourth-order valence-electron chi connectivity index (χ4n) is 1.13. The zero-order valence-electron chi connectivity index (χ0n) is 8.66. The lowest BCUT2D eigenvalue weighted by Gasteiger charge is -2.11. The van der Waals surface area contributed by atoms with E-state index < -0.39 is 25.0 Å². The summed E-state index contributed by atoms with van der Waals surface area (Å²) >= 11 is 5.68. The Morgan fingerprint density at radius 1 is 1.47 bits per heavy atom.